The SMILES string of the molecule is CCc1ccc(-c2cnc3[nH]c4cnc(C#N)c(OC5CCN(CC)CC5)c4c3c2)cc1. The van der Waals surface area contributed by atoms with Gasteiger partial charge in [-0.25, -0.2) is 9.97 Å². The second-order valence-electron chi connectivity index (χ2n) is 8.38. The first-order chi connectivity index (χ1) is 15.7. The molecule has 0 bridgehead atoms. The maximum Gasteiger partial charge on any atom is 0.183 e. The number of benzene rings is 1. The van der Waals surface area contributed by atoms with Crippen molar-refractivity contribution in [1.29, 1.82) is 5.26 Å². The Labute approximate surface area is 187 Å². The first-order valence-electron chi connectivity index (χ1n) is 11.4. The van der Waals surface area contributed by atoms with Crippen LogP contribution in [0.25, 0.3) is 33.1 Å². The quantitative estimate of drug-likeness (QED) is 0.483. The Morgan fingerprint density at radius 2 is 1.88 bits per heavy atom. The van der Waals surface area contributed by atoms with E-state index >= 15 is 0 Å². The van der Waals surface area contributed by atoms with Crippen LogP contribution in [0.4, 0.5) is 0 Å². The Morgan fingerprint density at radius 3 is 2.56 bits per heavy atom. The number of aromatic nitrogens is 3. The van der Waals surface area contributed by atoms with E-state index in [2.05, 4.69) is 70.1 Å². The molecule has 0 aliphatic carbocycles. The number of hydrogen-bond acceptors (Lipinski definition) is 5. The van der Waals surface area contributed by atoms with Gasteiger partial charge in [-0.1, -0.05) is 38.1 Å². The molecule has 4 heterocycles. The molecular weight excluding hydrogens is 398 g/mol. The van der Waals surface area contributed by atoms with Gasteiger partial charge in [0.15, 0.2) is 11.4 Å². The number of H-pyrrole nitrogens is 1. The highest BCUT2D eigenvalue weighted by molar-refractivity contribution is 6.10. The van der Waals surface area contributed by atoms with Crippen LogP contribution in [-0.2, 0) is 6.42 Å². The van der Waals surface area contributed by atoms with Gasteiger partial charge in [0, 0.05) is 30.2 Å². The Hall–Kier alpha value is -3.43. The first-order valence-corrected chi connectivity index (χ1v) is 11.4. The zero-order chi connectivity index (χ0) is 22.1. The topological polar surface area (TPSA) is 77.8 Å². The third kappa shape index (κ3) is 3.69. The van der Waals surface area contributed by atoms with E-state index in [0.717, 1.165) is 72.0 Å². The molecule has 0 radical (unpaired) electrons. The van der Waals surface area contributed by atoms with E-state index < -0.39 is 0 Å². The lowest BCUT2D eigenvalue weighted by molar-refractivity contribution is 0.104. The molecule has 4 aromatic rings. The predicted octanol–water partition coefficient (Wildman–Crippen LogP) is 5.08. The molecule has 5 rings (SSSR count). The van der Waals surface area contributed by atoms with Crippen molar-refractivity contribution in [3.05, 3.63) is 54.0 Å². The van der Waals surface area contributed by atoms with Crippen LogP contribution in [-0.4, -0.2) is 45.6 Å². The highest BCUT2D eigenvalue weighted by Crippen LogP contribution is 2.37. The minimum atomic E-state index is 0.0833. The number of likely N-dealkylation sites (tertiary alicyclic amines) is 1. The summed E-state index contributed by atoms with van der Waals surface area (Å²) in [7, 11) is 0. The van der Waals surface area contributed by atoms with Crippen molar-refractivity contribution >= 4 is 21.9 Å². The Bertz CT molecular complexity index is 1290. The van der Waals surface area contributed by atoms with Crippen LogP contribution in [0.2, 0.25) is 0 Å². The molecule has 0 unspecified atom stereocenters. The number of pyridine rings is 2. The van der Waals surface area contributed by atoms with E-state index in [0.29, 0.717) is 11.4 Å². The van der Waals surface area contributed by atoms with Gasteiger partial charge in [0.25, 0.3) is 0 Å². The minimum Gasteiger partial charge on any atom is -0.487 e. The third-order valence-electron chi connectivity index (χ3n) is 6.51. The van der Waals surface area contributed by atoms with E-state index in [1.54, 1.807) is 6.20 Å². The van der Waals surface area contributed by atoms with E-state index in [-0.39, 0.29) is 6.10 Å². The van der Waals surface area contributed by atoms with Crippen LogP contribution in [0.1, 0.15) is 37.9 Å². The summed E-state index contributed by atoms with van der Waals surface area (Å²) in [5.74, 6) is 0.575. The Kier molecular flexibility index (Phi) is 5.50. The van der Waals surface area contributed by atoms with E-state index in [4.69, 9.17) is 4.74 Å². The summed E-state index contributed by atoms with van der Waals surface area (Å²) in [6, 6.07) is 13.0. The fourth-order valence-corrected chi connectivity index (χ4v) is 4.53. The lowest BCUT2D eigenvalue weighted by atomic mass is 10.0. The van der Waals surface area contributed by atoms with Gasteiger partial charge in [-0.3, -0.25) is 0 Å². The average Bonchev–Trinajstić information content (AvgIpc) is 3.23. The number of aromatic amines is 1. The van der Waals surface area contributed by atoms with Crippen molar-refractivity contribution in [2.75, 3.05) is 19.6 Å². The number of nitriles is 1. The van der Waals surface area contributed by atoms with Gasteiger partial charge in [-0.2, -0.15) is 5.26 Å². The molecule has 32 heavy (non-hydrogen) atoms. The van der Waals surface area contributed by atoms with Gasteiger partial charge in [-0.05, 0) is 43.0 Å². The monoisotopic (exact) mass is 425 g/mol. The van der Waals surface area contributed by atoms with Gasteiger partial charge < -0.3 is 14.6 Å². The summed E-state index contributed by atoms with van der Waals surface area (Å²) in [6.45, 7) is 7.43. The second-order valence-corrected chi connectivity index (χ2v) is 8.38. The molecule has 0 spiro atoms. The molecule has 1 aliphatic heterocycles. The number of ether oxygens (including phenoxy) is 1. The van der Waals surface area contributed by atoms with Crippen molar-refractivity contribution in [3.8, 4) is 22.9 Å². The van der Waals surface area contributed by atoms with Gasteiger partial charge in [-0.15, -0.1) is 0 Å². The lowest BCUT2D eigenvalue weighted by Crippen LogP contribution is -2.38. The number of fused-ring (bicyclic) bond motifs is 3. The fraction of sp³-hybridized carbons (Fsp3) is 0.346. The largest absolute Gasteiger partial charge is 0.487 e. The zero-order valence-electron chi connectivity index (χ0n) is 18.6. The number of rotatable bonds is 5. The van der Waals surface area contributed by atoms with Crippen LogP contribution in [0.5, 0.6) is 5.75 Å². The number of aryl methyl sites for hydroxylation is 1. The van der Waals surface area contributed by atoms with Gasteiger partial charge in [0.05, 0.1) is 17.1 Å². The molecule has 1 aliphatic rings. The summed E-state index contributed by atoms with van der Waals surface area (Å²) in [5, 5.41) is 11.6. The molecule has 1 aromatic carbocycles. The van der Waals surface area contributed by atoms with Crippen LogP contribution >= 0.6 is 0 Å². The van der Waals surface area contributed by atoms with Crippen LogP contribution in [0.3, 0.4) is 0 Å². The lowest BCUT2D eigenvalue weighted by Gasteiger charge is -2.31. The Balaban J connectivity index is 1.59. The van der Waals surface area contributed by atoms with Crippen molar-refractivity contribution in [2.45, 2.75) is 39.2 Å². The standard InChI is InChI=1S/C26H27N5O/c1-3-17-5-7-18(8-6-17)19-13-21-24-23(30-26(21)29-15-19)16-28-22(14-27)25(24)32-20-9-11-31(4-2)12-10-20/h5-8,13,15-16,20H,3-4,9-12H2,1-2H3,(H,29,30). The molecule has 0 amide bonds. The molecular formula is C26H27N5O. The van der Waals surface area contributed by atoms with E-state index in [9.17, 15) is 5.26 Å². The summed E-state index contributed by atoms with van der Waals surface area (Å²) in [5.41, 5.74) is 5.41. The minimum absolute atomic E-state index is 0.0833. The third-order valence-corrected chi connectivity index (χ3v) is 6.51. The van der Waals surface area contributed by atoms with Crippen LogP contribution < -0.4 is 4.74 Å². The molecule has 6 nitrogen and oxygen atoms in total. The summed E-state index contributed by atoms with van der Waals surface area (Å²) >= 11 is 0. The van der Waals surface area contributed by atoms with E-state index in [1.165, 1.54) is 5.56 Å². The van der Waals surface area contributed by atoms with E-state index in [1.807, 2.05) is 6.20 Å². The first kappa shape index (κ1) is 20.5. The highest BCUT2D eigenvalue weighted by Gasteiger charge is 2.24. The number of nitrogens with one attached hydrogen (secondary N) is 1. The molecule has 3 aromatic heterocycles. The fourth-order valence-electron chi connectivity index (χ4n) is 4.53. The van der Waals surface area contributed by atoms with Crippen molar-refractivity contribution in [3.63, 3.8) is 0 Å². The number of piperidine rings is 1. The van der Waals surface area contributed by atoms with Crippen molar-refractivity contribution in [2.24, 2.45) is 0 Å². The molecule has 162 valence electrons. The molecule has 1 saturated heterocycles. The van der Waals surface area contributed by atoms with Crippen LogP contribution in [0, 0.1) is 11.3 Å². The molecule has 6 heteroatoms. The van der Waals surface area contributed by atoms with Crippen molar-refractivity contribution in [1.82, 2.24) is 19.9 Å². The number of nitrogens with zero attached hydrogens (tertiary/aromatic N) is 4. The Morgan fingerprint density at radius 1 is 1.09 bits per heavy atom. The maximum atomic E-state index is 9.75. The van der Waals surface area contributed by atoms with Gasteiger partial charge in [0.1, 0.15) is 17.8 Å². The van der Waals surface area contributed by atoms with Crippen molar-refractivity contribution < 1.29 is 4.74 Å². The summed E-state index contributed by atoms with van der Waals surface area (Å²) < 4.78 is 6.47. The van der Waals surface area contributed by atoms with Gasteiger partial charge >= 0.3 is 0 Å². The second kappa shape index (κ2) is 8.60. The highest BCUT2D eigenvalue weighted by atomic mass is 16.5. The smallest absolute Gasteiger partial charge is 0.183 e. The zero-order valence-corrected chi connectivity index (χ0v) is 18.6. The average molecular weight is 426 g/mol. The molecule has 1 fully saturated rings. The maximum absolute atomic E-state index is 9.75. The summed E-state index contributed by atoms with van der Waals surface area (Å²) in [4.78, 5) is 14.8. The van der Waals surface area contributed by atoms with Gasteiger partial charge in [0.2, 0.25) is 0 Å². The predicted molar refractivity (Wildman–Crippen MR) is 127 cm³/mol. The normalized spacial score (nSPS) is 15.3. The van der Waals surface area contributed by atoms with Crippen LogP contribution in [0.15, 0.2) is 42.7 Å². The summed E-state index contributed by atoms with van der Waals surface area (Å²) in [6.07, 6.45) is 6.59. The molecule has 0 atom stereocenters. The number of hydrogen-bond donors (Lipinski definition) is 1. The molecule has 1 N–H and O–H groups in total. The molecule has 0 saturated carbocycles.